The van der Waals surface area contributed by atoms with Gasteiger partial charge in [0.2, 0.25) is 11.9 Å². The first-order chi connectivity index (χ1) is 16.4. The van der Waals surface area contributed by atoms with Gasteiger partial charge >= 0.3 is 0 Å². The van der Waals surface area contributed by atoms with Crippen LogP contribution >= 0.6 is 0 Å². The summed E-state index contributed by atoms with van der Waals surface area (Å²) in [5.74, 6) is -0.124. The van der Waals surface area contributed by atoms with Gasteiger partial charge in [-0.1, -0.05) is 12.1 Å². The maximum atomic E-state index is 14.3. The van der Waals surface area contributed by atoms with Crippen LogP contribution in [0.4, 0.5) is 16.0 Å². The van der Waals surface area contributed by atoms with Crippen molar-refractivity contribution in [1.29, 1.82) is 0 Å². The predicted molar refractivity (Wildman–Crippen MR) is 127 cm³/mol. The largest absolute Gasteiger partial charge is 0.370 e. The van der Waals surface area contributed by atoms with Crippen LogP contribution in [0.1, 0.15) is 11.7 Å². The van der Waals surface area contributed by atoms with Crippen LogP contribution in [0.15, 0.2) is 53.6 Å². The molecule has 3 aromatic rings. The number of hydrogen-bond donors (Lipinski definition) is 1. The maximum Gasteiger partial charge on any atom is 0.255 e. The number of amides is 1. The van der Waals surface area contributed by atoms with Gasteiger partial charge in [0.15, 0.2) is 5.82 Å². The Labute approximate surface area is 196 Å². The van der Waals surface area contributed by atoms with E-state index in [2.05, 4.69) is 15.3 Å². The predicted octanol–water partition coefficient (Wildman–Crippen LogP) is 1.74. The number of nitrogens with zero attached hydrogens (tertiary/aromatic N) is 5. The Hall–Kier alpha value is -3.63. The minimum atomic E-state index is -0.535. The van der Waals surface area contributed by atoms with Crippen molar-refractivity contribution in [1.82, 2.24) is 19.9 Å². The number of nitrogens with one attached hydrogen (secondary N) is 1. The van der Waals surface area contributed by atoms with Crippen LogP contribution in [0.5, 0.6) is 0 Å². The Bertz CT molecular complexity index is 1230. The number of ether oxygens (including phenoxy) is 1. The minimum absolute atomic E-state index is 0.0344. The molecule has 1 N–H and O–H groups in total. The molecule has 0 aliphatic carbocycles. The number of pyridine rings is 1. The summed E-state index contributed by atoms with van der Waals surface area (Å²) in [6, 6.07) is 10.5. The average Bonchev–Trinajstić information content (AvgIpc) is 2.86. The molecule has 1 fully saturated rings. The highest BCUT2D eigenvalue weighted by Gasteiger charge is 2.26. The summed E-state index contributed by atoms with van der Waals surface area (Å²) in [5, 5.41) is 2.86. The first-order valence-electron chi connectivity index (χ1n) is 10.9. The molecule has 1 aliphatic heterocycles. The first-order valence-corrected chi connectivity index (χ1v) is 10.9. The second kappa shape index (κ2) is 10.1. The number of benzene rings is 1. The van der Waals surface area contributed by atoms with E-state index in [1.54, 1.807) is 26.0 Å². The molecule has 1 aromatic carbocycles. The number of aromatic nitrogens is 3. The van der Waals surface area contributed by atoms with Crippen molar-refractivity contribution in [2.24, 2.45) is 7.05 Å². The number of carbonyl (C=O) groups is 1. The maximum absolute atomic E-state index is 14.3. The third-order valence-corrected chi connectivity index (χ3v) is 5.86. The van der Waals surface area contributed by atoms with Crippen LogP contribution in [-0.4, -0.2) is 60.8 Å². The molecule has 0 bridgehead atoms. The van der Waals surface area contributed by atoms with Crippen molar-refractivity contribution in [2.45, 2.75) is 6.10 Å². The summed E-state index contributed by atoms with van der Waals surface area (Å²) in [6.07, 6.45) is 2.32. The van der Waals surface area contributed by atoms with Crippen molar-refractivity contribution in [3.8, 4) is 11.3 Å². The van der Waals surface area contributed by atoms with Gasteiger partial charge in [0.05, 0.1) is 31.6 Å². The lowest BCUT2D eigenvalue weighted by Gasteiger charge is -2.34. The Morgan fingerprint density at radius 3 is 2.76 bits per heavy atom. The fourth-order valence-electron chi connectivity index (χ4n) is 3.89. The number of halogens is 1. The van der Waals surface area contributed by atoms with E-state index in [0.29, 0.717) is 25.6 Å². The van der Waals surface area contributed by atoms with Crippen LogP contribution < -0.4 is 20.7 Å². The van der Waals surface area contributed by atoms with E-state index in [0.717, 1.165) is 17.4 Å². The van der Waals surface area contributed by atoms with Crippen molar-refractivity contribution in [2.75, 3.05) is 50.1 Å². The van der Waals surface area contributed by atoms with E-state index in [1.165, 1.54) is 22.9 Å². The Balaban J connectivity index is 1.57. The summed E-state index contributed by atoms with van der Waals surface area (Å²) in [6.45, 7) is 1.71. The molecule has 1 aliphatic rings. The molecule has 10 heteroatoms. The molecule has 2 aromatic heterocycles. The van der Waals surface area contributed by atoms with Gasteiger partial charge in [0, 0.05) is 44.2 Å². The second-order valence-corrected chi connectivity index (χ2v) is 8.07. The minimum Gasteiger partial charge on any atom is -0.370 e. The fraction of sp³-hybridized carbons (Fsp3) is 0.333. The molecule has 0 saturated carbocycles. The van der Waals surface area contributed by atoms with Crippen LogP contribution in [0.3, 0.4) is 0 Å². The van der Waals surface area contributed by atoms with E-state index >= 15 is 0 Å². The molecule has 1 atom stereocenters. The van der Waals surface area contributed by atoms with Gasteiger partial charge in [0.1, 0.15) is 6.10 Å². The van der Waals surface area contributed by atoms with Crippen LogP contribution in [0.2, 0.25) is 0 Å². The monoisotopic (exact) mass is 466 g/mol. The highest BCUT2D eigenvalue weighted by molar-refractivity contribution is 5.94. The Kier molecular flexibility index (Phi) is 6.99. The number of likely N-dealkylation sites (N-methyl/N-ethyl adjacent to an activating group) is 2. The molecule has 1 amide bonds. The van der Waals surface area contributed by atoms with Gasteiger partial charge in [-0.2, -0.15) is 0 Å². The molecule has 3 heterocycles. The zero-order valence-corrected chi connectivity index (χ0v) is 19.4. The number of carbonyl (C=O) groups excluding carboxylic acids is 1. The van der Waals surface area contributed by atoms with E-state index < -0.39 is 5.82 Å². The summed E-state index contributed by atoms with van der Waals surface area (Å²) in [7, 11) is 5.11. The fourth-order valence-corrected chi connectivity index (χ4v) is 3.89. The van der Waals surface area contributed by atoms with Crippen molar-refractivity contribution >= 4 is 17.5 Å². The number of hydrogen-bond acceptors (Lipinski definition) is 7. The topological polar surface area (TPSA) is 92.6 Å². The lowest BCUT2D eigenvalue weighted by atomic mass is 10.1. The van der Waals surface area contributed by atoms with E-state index in [9.17, 15) is 14.0 Å². The van der Waals surface area contributed by atoms with Gasteiger partial charge in [-0.05, 0) is 30.8 Å². The van der Waals surface area contributed by atoms with Crippen molar-refractivity contribution < 1.29 is 13.9 Å². The van der Waals surface area contributed by atoms with Crippen LogP contribution in [0.25, 0.3) is 11.3 Å². The third-order valence-electron chi connectivity index (χ3n) is 5.86. The Morgan fingerprint density at radius 2 is 2.06 bits per heavy atom. The van der Waals surface area contributed by atoms with E-state index in [1.807, 2.05) is 29.2 Å². The van der Waals surface area contributed by atoms with Crippen molar-refractivity contribution in [3.05, 3.63) is 70.5 Å². The van der Waals surface area contributed by atoms with Gasteiger partial charge in [-0.25, -0.2) is 9.37 Å². The van der Waals surface area contributed by atoms with Crippen LogP contribution in [0, 0.1) is 5.82 Å². The quantitative estimate of drug-likeness (QED) is 0.592. The summed E-state index contributed by atoms with van der Waals surface area (Å²) in [5.41, 5.74) is 1.95. The van der Waals surface area contributed by atoms with Crippen LogP contribution in [-0.2, 0) is 16.6 Å². The number of anilines is 2. The van der Waals surface area contributed by atoms with E-state index in [4.69, 9.17) is 4.74 Å². The molecule has 178 valence electrons. The molecule has 0 radical (unpaired) electrons. The van der Waals surface area contributed by atoms with Crippen molar-refractivity contribution in [3.63, 3.8) is 0 Å². The lowest BCUT2D eigenvalue weighted by molar-refractivity contribution is -0.117. The standard InChI is InChI=1S/C24H27FN6O3/c1-26-14-23(33)29(2)17-6-4-16(5-7-17)21-15-31(10-11-34-21)24-28-20(12-22(32)30(24)3)18-8-9-27-13-19(18)25/h4-9,12-13,21,26H,10-11,14-15H2,1-3H3/t21-/m1/s1. The molecule has 0 spiro atoms. The molecule has 0 unspecified atom stereocenters. The van der Waals surface area contributed by atoms with Gasteiger partial charge < -0.3 is 19.9 Å². The third kappa shape index (κ3) is 4.82. The first kappa shape index (κ1) is 23.5. The lowest BCUT2D eigenvalue weighted by Crippen LogP contribution is -2.41. The summed E-state index contributed by atoms with van der Waals surface area (Å²) < 4.78 is 21.7. The molecule has 1 saturated heterocycles. The highest BCUT2D eigenvalue weighted by Crippen LogP contribution is 2.28. The zero-order valence-electron chi connectivity index (χ0n) is 19.4. The summed E-state index contributed by atoms with van der Waals surface area (Å²) in [4.78, 5) is 36.7. The zero-order chi connectivity index (χ0) is 24.2. The van der Waals surface area contributed by atoms with E-state index in [-0.39, 0.29) is 35.4 Å². The van der Waals surface area contributed by atoms with Gasteiger partial charge in [-0.3, -0.25) is 19.1 Å². The number of morpholine rings is 1. The smallest absolute Gasteiger partial charge is 0.255 e. The molecular weight excluding hydrogens is 439 g/mol. The molecule has 9 nitrogen and oxygen atoms in total. The summed E-state index contributed by atoms with van der Waals surface area (Å²) >= 11 is 0. The molecular formula is C24H27FN6O3. The average molecular weight is 467 g/mol. The highest BCUT2D eigenvalue weighted by atomic mass is 19.1. The molecule has 4 rings (SSSR count). The normalized spacial score (nSPS) is 15.9. The van der Waals surface area contributed by atoms with Gasteiger partial charge in [-0.15, -0.1) is 0 Å². The molecule has 34 heavy (non-hydrogen) atoms. The SMILES string of the molecule is CNCC(=O)N(C)c1ccc([C@H]2CN(c3nc(-c4ccncc4F)cc(=O)n3C)CCO2)cc1. The Morgan fingerprint density at radius 1 is 1.29 bits per heavy atom. The second-order valence-electron chi connectivity index (χ2n) is 8.07. The van der Waals surface area contributed by atoms with Gasteiger partial charge in [0.25, 0.3) is 5.56 Å². The number of rotatable bonds is 6.